The highest BCUT2D eigenvalue weighted by Crippen LogP contribution is 2.32. The molecule has 0 radical (unpaired) electrons. The third-order valence-corrected chi connectivity index (χ3v) is 5.30. The third kappa shape index (κ3) is 3.00. The zero-order chi connectivity index (χ0) is 13.2. The average Bonchev–Trinajstić information content (AvgIpc) is 3.04. The van der Waals surface area contributed by atoms with Gasteiger partial charge in [-0.2, -0.15) is 0 Å². The molecule has 4 heteroatoms. The predicted molar refractivity (Wildman–Crippen MR) is 76.8 cm³/mol. The highest BCUT2D eigenvalue weighted by atomic mass is 32.1. The Labute approximate surface area is 118 Å². The minimum Gasteiger partial charge on any atom is -0.376 e. The van der Waals surface area contributed by atoms with E-state index in [0.717, 1.165) is 43.1 Å². The molecule has 3 rings (SSSR count). The maximum Gasteiger partial charge on any atom is 0.261 e. The van der Waals surface area contributed by atoms with Gasteiger partial charge in [0, 0.05) is 18.0 Å². The summed E-state index contributed by atoms with van der Waals surface area (Å²) in [4.78, 5) is 14.4. The molecular weight excluding hydrogens is 258 g/mol. The second kappa shape index (κ2) is 5.63. The summed E-state index contributed by atoms with van der Waals surface area (Å²) < 4.78 is 5.52. The maximum absolute atomic E-state index is 12.1. The highest BCUT2D eigenvalue weighted by molar-refractivity contribution is 7.14. The lowest BCUT2D eigenvalue weighted by Crippen LogP contribution is -2.31. The van der Waals surface area contributed by atoms with Crippen LogP contribution >= 0.6 is 11.3 Å². The lowest BCUT2D eigenvalue weighted by Gasteiger charge is -2.16. The molecule has 1 saturated heterocycles. The number of thiophene rings is 1. The second-order valence-electron chi connectivity index (χ2n) is 5.75. The molecule has 2 atom stereocenters. The lowest BCUT2D eigenvalue weighted by atomic mass is 9.90. The van der Waals surface area contributed by atoms with Crippen LogP contribution in [0, 0.1) is 5.92 Å². The largest absolute Gasteiger partial charge is 0.376 e. The molecule has 1 N–H and O–H groups in total. The molecule has 1 aromatic rings. The Bertz CT molecular complexity index is 463. The van der Waals surface area contributed by atoms with Gasteiger partial charge in [-0.05, 0) is 49.7 Å². The topological polar surface area (TPSA) is 38.3 Å². The number of carbonyl (C=O) groups is 1. The van der Waals surface area contributed by atoms with Crippen LogP contribution in [0.2, 0.25) is 0 Å². The van der Waals surface area contributed by atoms with Gasteiger partial charge in [0.25, 0.3) is 5.91 Å². The smallest absolute Gasteiger partial charge is 0.261 e. The Hall–Kier alpha value is -0.870. The van der Waals surface area contributed by atoms with Crippen molar-refractivity contribution in [1.29, 1.82) is 0 Å². The van der Waals surface area contributed by atoms with Crippen molar-refractivity contribution in [3.8, 4) is 0 Å². The Kier molecular flexibility index (Phi) is 3.89. The van der Waals surface area contributed by atoms with Crippen molar-refractivity contribution in [2.45, 2.75) is 45.1 Å². The van der Waals surface area contributed by atoms with Crippen LogP contribution in [0.3, 0.4) is 0 Å². The van der Waals surface area contributed by atoms with Crippen LogP contribution in [0.25, 0.3) is 0 Å². The Morgan fingerprint density at radius 2 is 2.42 bits per heavy atom. The molecule has 3 nitrogen and oxygen atoms in total. The van der Waals surface area contributed by atoms with Crippen molar-refractivity contribution in [3.05, 3.63) is 21.4 Å². The van der Waals surface area contributed by atoms with E-state index >= 15 is 0 Å². The van der Waals surface area contributed by atoms with Gasteiger partial charge in [0.1, 0.15) is 0 Å². The lowest BCUT2D eigenvalue weighted by molar-refractivity contribution is 0.0861. The van der Waals surface area contributed by atoms with Crippen molar-refractivity contribution < 1.29 is 9.53 Å². The molecule has 0 unspecified atom stereocenters. The second-order valence-corrected chi connectivity index (χ2v) is 6.89. The van der Waals surface area contributed by atoms with Crippen molar-refractivity contribution in [3.63, 3.8) is 0 Å². The molecule has 1 aromatic heterocycles. The third-order valence-electron chi connectivity index (χ3n) is 4.07. The van der Waals surface area contributed by atoms with Gasteiger partial charge in [0.2, 0.25) is 0 Å². The van der Waals surface area contributed by atoms with Crippen LogP contribution in [0.4, 0.5) is 0 Å². The molecule has 1 aliphatic heterocycles. The minimum absolute atomic E-state index is 0.0718. The standard InChI is InChI=1S/C15H21NO2S/c1-10-4-5-13-11(7-10)8-14(19-13)15(17)16-9-12-3-2-6-18-12/h8,10,12H,2-7,9H2,1H3,(H,16,17)/t10-,12-/m1/s1. The highest BCUT2D eigenvalue weighted by Gasteiger charge is 2.21. The summed E-state index contributed by atoms with van der Waals surface area (Å²) in [5.41, 5.74) is 1.39. The van der Waals surface area contributed by atoms with E-state index in [1.165, 1.54) is 16.9 Å². The van der Waals surface area contributed by atoms with E-state index in [2.05, 4.69) is 18.3 Å². The number of ether oxygens (including phenoxy) is 1. The number of hydrogen-bond acceptors (Lipinski definition) is 3. The first-order valence-electron chi connectivity index (χ1n) is 7.24. The molecule has 1 aliphatic carbocycles. The summed E-state index contributed by atoms with van der Waals surface area (Å²) >= 11 is 1.68. The fraction of sp³-hybridized carbons (Fsp3) is 0.667. The van der Waals surface area contributed by atoms with Crippen LogP contribution in [0.1, 0.15) is 46.3 Å². The quantitative estimate of drug-likeness (QED) is 0.924. The van der Waals surface area contributed by atoms with Crippen LogP contribution in [-0.2, 0) is 17.6 Å². The molecule has 2 heterocycles. The van der Waals surface area contributed by atoms with Crippen molar-refractivity contribution in [1.82, 2.24) is 5.32 Å². The average molecular weight is 279 g/mol. The zero-order valence-corrected chi connectivity index (χ0v) is 12.2. The molecule has 0 saturated carbocycles. The van der Waals surface area contributed by atoms with Gasteiger partial charge in [0.05, 0.1) is 11.0 Å². The summed E-state index contributed by atoms with van der Waals surface area (Å²) in [6.07, 6.45) is 5.93. The van der Waals surface area contributed by atoms with Crippen LogP contribution in [0.15, 0.2) is 6.07 Å². The minimum atomic E-state index is 0.0718. The van der Waals surface area contributed by atoms with E-state index in [9.17, 15) is 4.79 Å². The summed E-state index contributed by atoms with van der Waals surface area (Å²) in [5.74, 6) is 0.826. The van der Waals surface area contributed by atoms with Gasteiger partial charge in [-0.15, -0.1) is 11.3 Å². The molecule has 2 aliphatic rings. The fourth-order valence-electron chi connectivity index (χ4n) is 2.92. The van der Waals surface area contributed by atoms with Gasteiger partial charge in [-0.1, -0.05) is 6.92 Å². The van der Waals surface area contributed by atoms with Gasteiger partial charge in [-0.3, -0.25) is 4.79 Å². The number of amides is 1. The van der Waals surface area contributed by atoms with E-state index < -0.39 is 0 Å². The van der Waals surface area contributed by atoms with Crippen LogP contribution in [-0.4, -0.2) is 25.2 Å². The number of rotatable bonds is 3. The predicted octanol–water partition coefficient (Wildman–Crippen LogP) is 2.78. The van der Waals surface area contributed by atoms with E-state index in [4.69, 9.17) is 4.74 Å². The molecule has 0 aromatic carbocycles. The number of nitrogens with one attached hydrogen (secondary N) is 1. The van der Waals surface area contributed by atoms with Crippen LogP contribution < -0.4 is 5.32 Å². The first kappa shape index (κ1) is 13.1. The molecule has 0 spiro atoms. The summed E-state index contributed by atoms with van der Waals surface area (Å²) in [5, 5.41) is 3.01. The number of aryl methyl sites for hydroxylation is 1. The van der Waals surface area contributed by atoms with E-state index in [1.54, 1.807) is 11.3 Å². The van der Waals surface area contributed by atoms with Gasteiger partial charge >= 0.3 is 0 Å². The Morgan fingerprint density at radius 3 is 3.21 bits per heavy atom. The molecular formula is C15H21NO2S. The number of fused-ring (bicyclic) bond motifs is 1. The molecule has 0 bridgehead atoms. The first-order chi connectivity index (χ1) is 9.22. The molecule has 104 valence electrons. The van der Waals surface area contributed by atoms with Gasteiger partial charge in [-0.25, -0.2) is 0 Å². The molecule has 1 amide bonds. The molecule has 19 heavy (non-hydrogen) atoms. The maximum atomic E-state index is 12.1. The normalized spacial score (nSPS) is 26.2. The summed E-state index contributed by atoms with van der Waals surface area (Å²) in [7, 11) is 0. The van der Waals surface area contributed by atoms with Gasteiger partial charge < -0.3 is 10.1 Å². The Balaban J connectivity index is 1.60. The summed E-state index contributed by atoms with van der Waals surface area (Å²) in [6, 6.07) is 2.10. The van der Waals surface area contributed by atoms with Crippen molar-refractivity contribution >= 4 is 17.2 Å². The van der Waals surface area contributed by atoms with Crippen LogP contribution in [0.5, 0.6) is 0 Å². The fourth-order valence-corrected chi connectivity index (χ4v) is 4.04. The molecule has 1 fully saturated rings. The van der Waals surface area contributed by atoms with E-state index in [1.807, 2.05) is 0 Å². The first-order valence-corrected chi connectivity index (χ1v) is 8.05. The Morgan fingerprint density at radius 1 is 1.53 bits per heavy atom. The zero-order valence-electron chi connectivity index (χ0n) is 11.4. The summed E-state index contributed by atoms with van der Waals surface area (Å²) in [6.45, 7) is 3.78. The van der Waals surface area contributed by atoms with Gasteiger partial charge in [0.15, 0.2) is 0 Å². The SMILES string of the molecule is C[C@@H]1CCc2sc(C(=O)NC[C@H]3CCCO3)cc2C1. The van der Waals surface area contributed by atoms with E-state index in [-0.39, 0.29) is 12.0 Å². The van der Waals surface area contributed by atoms with Crippen molar-refractivity contribution in [2.24, 2.45) is 5.92 Å². The van der Waals surface area contributed by atoms with E-state index in [0.29, 0.717) is 6.54 Å². The number of hydrogen-bond donors (Lipinski definition) is 1. The monoisotopic (exact) mass is 279 g/mol. The number of carbonyl (C=O) groups excluding carboxylic acids is 1. The van der Waals surface area contributed by atoms with Crippen molar-refractivity contribution in [2.75, 3.05) is 13.2 Å².